The predicted molar refractivity (Wildman–Crippen MR) is 238 cm³/mol. The summed E-state index contributed by atoms with van der Waals surface area (Å²) < 4.78 is 0. The molecule has 12 heteroatoms. The number of unbranched alkanes of at least 4 members (excludes halogenated alkanes) is 3. The number of nitrogens with zero attached hydrogens (tertiary/aromatic N) is 2. The number of amides is 7. The molecule has 2 heterocycles. The molecule has 2 aliphatic heterocycles. The highest BCUT2D eigenvalue weighted by atomic mass is 16.2. The Morgan fingerprint density at radius 1 is 0.754 bits per heavy atom. The molecule has 6 aliphatic rings. The first-order chi connectivity index (χ1) is 28.7. The lowest BCUT2D eigenvalue weighted by Gasteiger charge is -2.38. The van der Waals surface area contributed by atoms with Crippen molar-refractivity contribution >= 4 is 35.6 Å². The Morgan fingerprint density at radius 3 is 1.93 bits per heavy atom. The van der Waals surface area contributed by atoms with Crippen molar-refractivity contribution in [1.29, 1.82) is 0 Å². The second kappa shape index (κ2) is 18.5. The van der Waals surface area contributed by atoms with Crippen LogP contribution in [0.2, 0.25) is 0 Å². The van der Waals surface area contributed by atoms with Gasteiger partial charge in [-0.3, -0.25) is 29.3 Å². The van der Waals surface area contributed by atoms with Crippen LogP contribution in [0, 0.1) is 45.3 Å². The van der Waals surface area contributed by atoms with Crippen LogP contribution in [-0.4, -0.2) is 88.7 Å². The van der Waals surface area contributed by atoms with Crippen molar-refractivity contribution in [2.24, 2.45) is 45.3 Å². The second-order valence-electron chi connectivity index (χ2n) is 22.5. The summed E-state index contributed by atoms with van der Waals surface area (Å²) in [5.74, 6) is -1.29. The molecule has 7 amide bonds. The molecule has 2 spiro atoms. The lowest BCUT2D eigenvalue weighted by molar-refractivity contribution is -0.145. The van der Waals surface area contributed by atoms with Crippen molar-refractivity contribution in [1.82, 2.24) is 31.1 Å². The summed E-state index contributed by atoms with van der Waals surface area (Å²) in [4.78, 5) is 88.8. The van der Waals surface area contributed by atoms with Gasteiger partial charge in [-0.05, 0) is 91.8 Å². The summed E-state index contributed by atoms with van der Waals surface area (Å²) >= 11 is 0. The molecular weight excluding hydrogens is 769 g/mol. The largest absolute Gasteiger partial charge is 0.344 e. The van der Waals surface area contributed by atoms with Crippen molar-refractivity contribution in [3.05, 3.63) is 0 Å². The molecule has 12 nitrogen and oxygen atoms in total. The number of hydrogen-bond donors (Lipinski definition) is 4. The van der Waals surface area contributed by atoms with Gasteiger partial charge >= 0.3 is 6.03 Å². The first kappa shape index (κ1) is 47.3. The van der Waals surface area contributed by atoms with E-state index < -0.39 is 41.0 Å². The zero-order valence-corrected chi connectivity index (χ0v) is 39.4. The van der Waals surface area contributed by atoms with Gasteiger partial charge in [-0.2, -0.15) is 0 Å². The Bertz CT molecular complexity index is 1640. The van der Waals surface area contributed by atoms with Crippen LogP contribution >= 0.6 is 0 Å². The van der Waals surface area contributed by atoms with E-state index in [1.807, 2.05) is 34.6 Å². The van der Waals surface area contributed by atoms with E-state index >= 15 is 4.79 Å². The highest BCUT2D eigenvalue weighted by Gasteiger charge is 2.85. The Balaban J connectivity index is 1.20. The number of urea groups is 1. The van der Waals surface area contributed by atoms with Crippen LogP contribution in [0.4, 0.5) is 4.79 Å². The molecule has 0 aromatic rings. The summed E-state index contributed by atoms with van der Waals surface area (Å²) in [5, 5.41) is 12.1. The van der Waals surface area contributed by atoms with E-state index in [1.54, 1.807) is 9.80 Å². The fourth-order valence-electron chi connectivity index (χ4n) is 12.6. The Hall–Kier alpha value is -3.18. The molecule has 0 radical (unpaired) electrons. The molecule has 2 saturated heterocycles. The maximum atomic E-state index is 15.3. The summed E-state index contributed by atoms with van der Waals surface area (Å²) in [5.41, 5.74) is -2.25. The van der Waals surface area contributed by atoms with Gasteiger partial charge in [0.05, 0.1) is 0 Å². The zero-order chi connectivity index (χ0) is 44.5. The molecule has 4 saturated carbocycles. The molecule has 61 heavy (non-hydrogen) atoms. The van der Waals surface area contributed by atoms with Crippen LogP contribution in [0.3, 0.4) is 0 Å². The monoisotopic (exact) mass is 851 g/mol. The number of hydrogen-bond acceptors (Lipinski definition) is 6. The standard InChI is InChI=1S/C49H82N6O6/c1-10-35-29-49(35,43(60)52-44(61)54-27-18-19-28-54)53-40(57)36-30-48(46(8,9)47(48)25-20-26-47)31-55(36)42(59)38(45(5,6)7)51-41(58)37(34-23-16-13-17-24-34)50-39(56)33(4)22-15-12-11-14-21-32(2)3/h32-38H,10-31H2,1-9H3,(H,50,56)(H,51,58)(H,53,57)(H,52,60,61). The lowest BCUT2D eigenvalue weighted by atomic mass is 9.73. The van der Waals surface area contributed by atoms with Crippen molar-refractivity contribution in [3.8, 4) is 0 Å². The summed E-state index contributed by atoms with van der Waals surface area (Å²) in [6, 6.07) is -2.98. The van der Waals surface area contributed by atoms with E-state index in [0.29, 0.717) is 44.8 Å². The number of likely N-dealkylation sites (tertiary alicyclic amines) is 2. The third-order valence-corrected chi connectivity index (χ3v) is 17.1. The fraction of sp³-hybridized carbons (Fsp3) is 0.878. The lowest BCUT2D eigenvalue weighted by Crippen LogP contribution is -2.62. The maximum absolute atomic E-state index is 15.3. The number of carbonyl (C=O) groups excluding carboxylic acids is 6. The van der Waals surface area contributed by atoms with E-state index in [2.05, 4.69) is 49.0 Å². The van der Waals surface area contributed by atoms with E-state index in [1.165, 1.54) is 12.8 Å². The highest BCUT2D eigenvalue weighted by Crippen LogP contribution is 2.88. The predicted octanol–water partition coefficient (Wildman–Crippen LogP) is 7.63. The van der Waals surface area contributed by atoms with E-state index in [-0.39, 0.29) is 57.6 Å². The van der Waals surface area contributed by atoms with Crippen LogP contribution < -0.4 is 21.3 Å². The Labute approximate surface area is 367 Å². The average Bonchev–Trinajstić information content (AvgIpc) is 3.66. The fourth-order valence-corrected chi connectivity index (χ4v) is 12.6. The molecule has 6 rings (SSSR count). The van der Waals surface area contributed by atoms with Gasteiger partial charge in [0.15, 0.2) is 0 Å². The van der Waals surface area contributed by atoms with Gasteiger partial charge in [-0.25, -0.2) is 4.79 Å². The average molecular weight is 851 g/mol. The molecule has 4 N–H and O–H groups in total. The number of carbonyl (C=O) groups is 6. The number of rotatable bonds is 17. The molecule has 6 fully saturated rings. The van der Waals surface area contributed by atoms with Gasteiger partial charge in [0, 0.05) is 31.0 Å². The van der Waals surface area contributed by atoms with Crippen LogP contribution in [0.25, 0.3) is 0 Å². The third-order valence-electron chi connectivity index (χ3n) is 17.1. The third kappa shape index (κ3) is 9.26. The molecule has 344 valence electrons. The Morgan fingerprint density at radius 2 is 1.39 bits per heavy atom. The summed E-state index contributed by atoms with van der Waals surface area (Å²) in [6.07, 6.45) is 17.8. The minimum absolute atomic E-state index is 0.0271. The normalized spacial score (nSPS) is 29.1. The SMILES string of the molecule is CCC1CC1(NC(=O)C1CC2(CN1C(=O)C(NC(=O)C(NC(=O)C(C)CCCCCCC(C)C)C1CCCCC1)C(C)(C)C)C(C)(C)C21CCC1)C(=O)NC(=O)N1CCCC1. The van der Waals surface area contributed by atoms with Crippen molar-refractivity contribution in [2.45, 2.75) is 208 Å². The molecule has 0 bridgehead atoms. The first-order valence-electron chi connectivity index (χ1n) is 24.6. The minimum Gasteiger partial charge on any atom is -0.344 e. The second-order valence-corrected chi connectivity index (χ2v) is 22.5. The van der Waals surface area contributed by atoms with E-state index in [4.69, 9.17) is 0 Å². The highest BCUT2D eigenvalue weighted by molar-refractivity contribution is 6.04. The quantitative estimate of drug-likeness (QED) is 0.110. The smallest absolute Gasteiger partial charge is 0.324 e. The van der Waals surface area contributed by atoms with Crippen molar-refractivity contribution in [3.63, 3.8) is 0 Å². The van der Waals surface area contributed by atoms with Gasteiger partial charge in [0.25, 0.3) is 5.91 Å². The van der Waals surface area contributed by atoms with Crippen LogP contribution in [0.1, 0.15) is 184 Å². The van der Waals surface area contributed by atoms with E-state index in [9.17, 15) is 24.0 Å². The van der Waals surface area contributed by atoms with Crippen molar-refractivity contribution in [2.75, 3.05) is 19.6 Å². The van der Waals surface area contributed by atoms with Gasteiger partial charge in [-0.1, -0.05) is 127 Å². The maximum Gasteiger partial charge on any atom is 0.324 e. The van der Waals surface area contributed by atoms with Crippen LogP contribution in [0.15, 0.2) is 0 Å². The van der Waals surface area contributed by atoms with Gasteiger partial charge in [0.1, 0.15) is 23.7 Å². The number of imide groups is 1. The molecule has 7 atom stereocenters. The first-order valence-corrected chi connectivity index (χ1v) is 24.6. The number of fused-ring (bicyclic) bond motifs is 1. The molecule has 0 aromatic carbocycles. The summed E-state index contributed by atoms with van der Waals surface area (Å²) in [7, 11) is 0. The van der Waals surface area contributed by atoms with Gasteiger partial charge < -0.3 is 25.8 Å². The summed E-state index contributed by atoms with van der Waals surface area (Å²) in [6.45, 7) is 20.4. The number of nitrogens with one attached hydrogen (secondary N) is 4. The van der Waals surface area contributed by atoms with Crippen LogP contribution in [-0.2, 0) is 24.0 Å². The topological polar surface area (TPSA) is 157 Å². The zero-order valence-electron chi connectivity index (χ0n) is 39.4. The molecule has 0 aromatic heterocycles. The van der Waals surface area contributed by atoms with Crippen molar-refractivity contribution < 1.29 is 28.8 Å². The molecular formula is C49H82N6O6. The van der Waals surface area contributed by atoms with Gasteiger partial charge in [-0.15, -0.1) is 0 Å². The Kier molecular flexibility index (Phi) is 14.3. The minimum atomic E-state index is -1.22. The van der Waals surface area contributed by atoms with Crippen LogP contribution in [0.5, 0.6) is 0 Å². The molecule has 4 aliphatic carbocycles. The molecule has 7 unspecified atom stereocenters. The van der Waals surface area contributed by atoms with E-state index in [0.717, 1.165) is 89.9 Å². The van der Waals surface area contributed by atoms with Gasteiger partial charge in [0.2, 0.25) is 23.6 Å².